The van der Waals surface area contributed by atoms with Crippen molar-refractivity contribution in [1.82, 2.24) is 4.57 Å². The standard InChI is InChI=1S/C23H31N3O3/c1-14(27)18-13-26(16-7-8-16)20-17(21(18)28)9-10-19(22(20)29-4)25-11-5-6-15(12-25)23(2,3)24/h9-10,13,15-16,27H,1,5-8,11-12,24H2,2-4H3. The van der Waals surface area contributed by atoms with Gasteiger partial charge in [0.2, 0.25) is 0 Å². The van der Waals surface area contributed by atoms with Crippen LogP contribution in [0, 0.1) is 5.92 Å². The summed E-state index contributed by atoms with van der Waals surface area (Å²) in [6.45, 7) is 9.55. The van der Waals surface area contributed by atoms with Gasteiger partial charge in [-0.2, -0.15) is 0 Å². The maximum atomic E-state index is 13.0. The number of hydrogen-bond donors (Lipinski definition) is 2. The molecule has 29 heavy (non-hydrogen) atoms. The SMILES string of the molecule is C=C(O)c1cn(C2CC2)c2c(OC)c(N3CCCC(C(C)(C)N)C3)ccc2c1=O. The lowest BCUT2D eigenvalue weighted by atomic mass is 9.82. The third-order valence-electron chi connectivity index (χ3n) is 6.40. The number of aliphatic hydroxyl groups excluding tert-OH is 1. The molecule has 1 aliphatic carbocycles. The lowest BCUT2D eigenvalue weighted by Crippen LogP contribution is -2.49. The van der Waals surface area contributed by atoms with Crippen molar-refractivity contribution in [2.75, 3.05) is 25.1 Å². The lowest BCUT2D eigenvalue weighted by molar-refractivity contribution is 0.274. The van der Waals surface area contributed by atoms with Gasteiger partial charge in [0.05, 0.1) is 29.3 Å². The van der Waals surface area contributed by atoms with Crippen LogP contribution >= 0.6 is 0 Å². The second-order valence-corrected chi connectivity index (χ2v) is 9.08. The Bertz CT molecular complexity index is 1010. The molecular formula is C23H31N3O3. The van der Waals surface area contributed by atoms with Crippen molar-refractivity contribution in [2.45, 2.75) is 51.1 Å². The number of piperidine rings is 1. The van der Waals surface area contributed by atoms with Crippen LogP contribution in [0.25, 0.3) is 16.7 Å². The highest BCUT2D eigenvalue weighted by Crippen LogP contribution is 2.43. The van der Waals surface area contributed by atoms with Gasteiger partial charge in [0.1, 0.15) is 5.76 Å². The number of aliphatic hydroxyl groups is 1. The molecule has 0 radical (unpaired) electrons. The van der Waals surface area contributed by atoms with Gasteiger partial charge in [-0.15, -0.1) is 0 Å². The molecular weight excluding hydrogens is 366 g/mol. The second kappa shape index (κ2) is 7.10. The molecule has 1 saturated carbocycles. The number of fused-ring (bicyclic) bond motifs is 1. The van der Waals surface area contributed by atoms with E-state index in [1.165, 1.54) is 0 Å². The third-order valence-corrected chi connectivity index (χ3v) is 6.40. The first-order valence-corrected chi connectivity index (χ1v) is 10.4. The van der Waals surface area contributed by atoms with E-state index < -0.39 is 0 Å². The van der Waals surface area contributed by atoms with Gasteiger partial charge in [0, 0.05) is 30.9 Å². The first-order chi connectivity index (χ1) is 13.7. The zero-order valence-corrected chi connectivity index (χ0v) is 17.6. The largest absolute Gasteiger partial charge is 0.508 e. The summed E-state index contributed by atoms with van der Waals surface area (Å²) in [4.78, 5) is 15.3. The van der Waals surface area contributed by atoms with Gasteiger partial charge >= 0.3 is 0 Å². The maximum Gasteiger partial charge on any atom is 0.200 e. The molecule has 0 spiro atoms. The van der Waals surface area contributed by atoms with Crippen LogP contribution < -0.4 is 20.8 Å². The molecule has 2 heterocycles. The molecule has 0 bridgehead atoms. The highest BCUT2D eigenvalue weighted by Gasteiger charge is 2.33. The van der Waals surface area contributed by atoms with E-state index in [-0.39, 0.29) is 22.3 Å². The summed E-state index contributed by atoms with van der Waals surface area (Å²) < 4.78 is 7.98. The Labute approximate surface area is 171 Å². The van der Waals surface area contributed by atoms with E-state index in [2.05, 4.69) is 29.9 Å². The monoisotopic (exact) mass is 397 g/mol. The van der Waals surface area contributed by atoms with Crippen molar-refractivity contribution in [1.29, 1.82) is 0 Å². The van der Waals surface area contributed by atoms with Crippen molar-refractivity contribution in [3.8, 4) is 5.75 Å². The minimum atomic E-state index is -0.241. The van der Waals surface area contributed by atoms with Crippen LogP contribution in [0.2, 0.25) is 0 Å². The molecule has 156 valence electrons. The van der Waals surface area contributed by atoms with Gasteiger partial charge in [0.15, 0.2) is 11.2 Å². The predicted molar refractivity (Wildman–Crippen MR) is 118 cm³/mol. The Hall–Kier alpha value is -2.47. The van der Waals surface area contributed by atoms with Crippen molar-refractivity contribution in [3.05, 3.63) is 40.7 Å². The number of pyridine rings is 1. The molecule has 2 fully saturated rings. The first-order valence-electron chi connectivity index (χ1n) is 10.4. The second-order valence-electron chi connectivity index (χ2n) is 9.08. The molecule has 1 unspecified atom stereocenters. The van der Waals surface area contributed by atoms with Crippen molar-refractivity contribution < 1.29 is 9.84 Å². The number of methoxy groups -OCH3 is 1. The Kier molecular flexibility index (Phi) is 4.85. The molecule has 6 heteroatoms. The number of aromatic nitrogens is 1. The molecule has 1 atom stereocenters. The highest BCUT2D eigenvalue weighted by molar-refractivity contribution is 5.92. The van der Waals surface area contributed by atoms with E-state index in [1.54, 1.807) is 13.3 Å². The van der Waals surface area contributed by atoms with E-state index in [4.69, 9.17) is 10.5 Å². The molecule has 0 amide bonds. The fraction of sp³-hybridized carbons (Fsp3) is 0.522. The molecule has 2 aromatic rings. The van der Waals surface area contributed by atoms with Crippen molar-refractivity contribution >= 4 is 22.3 Å². The minimum absolute atomic E-state index is 0.196. The Morgan fingerprint density at radius 3 is 2.62 bits per heavy atom. The number of nitrogens with zero attached hydrogens (tertiary/aromatic N) is 2. The summed E-state index contributed by atoms with van der Waals surface area (Å²) in [6, 6.07) is 4.14. The summed E-state index contributed by atoms with van der Waals surface area (Å²) in [5, 5.41) is 10.5. The Morgan fingerprint density at radius 2 is 2.03 bits per heavy atom. The fourth-order valence-electron chi connectivity index (χ4n) is 4.51. The lowest BCUT2D eigenvalue weighted by Gasteiger charge is -2.41. The van der Waals surface area contributed by atoms with Gasteiger partial charge in [-0.3, -0.25) is 4.79 Å². The van der Waals surface area contributed by atoms with Crippen LogP contribution in [0.4, 0.5) is 5.69 Å². The van der Waals surface area contributed by atoms with E-state index in [0.29, 0.717) is 17.3 Å². The van der Waals surface area contributed by atoms with Gasteiger partial charge in [-0.05, 0) is 57.6 Å². The summed E-state index contributed by atoms with van der Waals surface area (Å²) in [6.07, 6.45) is 6.03. The van der Waals surface area contributed by atoms with Crippen LogP contribution in [0.5, 0.6) is 5.75 Å². The molecule has 3 N–H and O–H groups in total. The van der Waals surface area contributed by atoms with Crippen LogP contribution in [0.3, 0.4) is 0 Å². The zero-order chi connectivity index (χ0) is 20.9. The molecule has 4 rings (SSSR count). The Morgan fingerprint density at radius 1 is 1.31 bits per heavy atom. The van der Waals surface area contributed by atoms with Gasteiger partial charge in [-0.1, -0.05) is 6.58 Å². The fourth-order valence-corrected chi connectivity index (χ4v) is 4.51. The molecule has 1 aromatic heterocycles. The molecule has 1 saturated heterocycles. The van der Waals surface area contributed by atoms with E-state index in [1.807, 2.05) is 12.1 Å². The Balaban J connectivity index is 1.89. The summed E-state index contributed by atoms with van der Waals surface area (Å²) in [5.41, 5.74) is 8.01. The summed E-state index contributed by atoms with van der Waals surface area (Å²) in [7, 11) is 1.66. The average molecular weight is 398 g/mol. The van der Waals surface area contributed by atoms with Crippen LogP contribution in [0.15, 0.2) is 29.7 Å². The van der Waals surface area contributed by atoms with Gasteiger partial charge in [-0.25, -0.2) is 0 Å². The molecule has 1 aromatic carbocycles. The molecule has 1 aliphatic heterocycles. The highest BCUT2D eigenvalue weighted by atomic mass is 16.5. The summed E-state index contributed by atoms with van der Waals surface area (Å²) >= 11 is 0. The van der Waals surface area contributed by atoms with Crippen molar-refractivity contribution in [2.24, 2.45) is 11.7 Å². The molecule has 6 nitrogen and oxygen atoms in total. The quantitative estimate of drug-likeness (QED) is 0.750. The maximum absolute atomic E-state index is 13.0. The number of anilines is 1. The van der Waals surface area contributed by atoms with E-state index in [0.717, 1.165) is 55.7 Å². The van der Waals surface area contributed by atoms with Crippen LogP contribution in [-0.2, 0) is 0 Å². The van der Waals surface area contributed by atoms with Gasteiger partial charge < -0.3 is 25.0 Å². The predicted octanol–water partition coefficient (Wildman–Crippen LogP) is 3.83. The number of hydrogen-bond acceptors (Lipinski definition) is 5. The number of ether oxygens (including phenoxy) is 1. The zero-order valence-electron chi connectivity index (χ0n) is 17.6. The van der Waals surface area contributed by atoms with Crippen molar-refractivity contribution in [3.63, 3.8) is 0 Å². The minimum Gasteiger partial charge on any atom is -0.508 e. The third kappa shape index (κ3) is 3.50. The summed E-state index contributed by atoms with van der Waals surface area (Å²) in [5.74, 6) is 0.915. The number of benzene rings is 1. The van der Waals surface area contributed by atoms with Crippen LogP contribution in [-0.4, -0.2) is 35.4 Å². The van der Waals surface area contributed by atoms with E-state index >= 15 is 0 Å². The number of rotatable bonds is 5. The first kappa shape index (κ1) is 19.8. The molecule has 2 aliphatic rings. The van der Waals surface area contributed by atoms with Crippen LogP contribution in [0.1, 0.15) is 51.1 Å². The van der Waals surface area contributed by atoms with E-state index in [9.17, 15) is 9.90 Å². The topological polar surface area (TPSA) is 80.7 Å². The normalized spacial score (nSPS) is 20.1. The van der Waals surface area contributed by atoms with Gasteiger partial charge in [0.25, 0.3) is 0 Å². The number of nitrogens with two attached hydrogens (primary N) is 1. The average Bonchev–Trinajstić information content (AvgIpc) is 3.51. The smallest absolute Gasteiger partial charge is 0.200 e.